The number of carbonyl (C=O) groups is 1. The minimum absolute atomic E-state index is 0.129. The van der Waals surface area contributed by atoms with Gasteiger partial charge in [-0.05, 0) is 30.7 Å². The third-order valence-electron chi connectivity index (χ3n) is 2.34. The fourth-order valence-electron chi connectivity index (χ4n) is 1.39. The minimum atomic E-state index is -0.345. The lowest BCUT2D eigenvalue weighted by molar-refractivity contribution is 0.0953. The number of aromatic amines is 1. The summed E-state index contributed by atoms with van der Waals surface area (Å²) in [4.78, 5) is 15.3. The largest absolute Gasteiger partial charge is 0.352 e. The highest BCUT2D eigenvalue weighted by molar-refractivity contribution is 5.90. The molecule has 6 heteroatoms. The maximum atomic E-state index is 13.1. The molecule has 1 aromatic carbocycles. The van der Waals surface area contributed by atoms with Crippen LogP contribution in [0.15, 0.2) is 18.2 Å². The van der Waals surface area contributed by atoms with E-state index in [1.54, 1.807) is 19.1 Å². The van der Waals surface area contributed by atoms with Crippen LogP contribution >= 0.6 is 0 Å². The molecule has 0 saturated heterocycles. The van der Waals surface area contributed by atoms with E-state index < -0.39 is 0 Å². The molecule has 2 aromatic rings. The summed E-state index contributed by atoms with van der Waals surface area (Å²) in [7, 11) is 1.51. The molecule has 0 spiro atoms. The van der Waals surface area contributed by atoms with Crippen molar-refractivity contribution in [3.8, 4) is 11.4 Å². The summed E-state index contributed by atoms with van der Waals surface area (Å²) in [5.41, 5.74) is 1.17. The van der Waals surface area contributed by atoms with Gasteiger partial charge in [-0.15, -0.1) is 0 Å². The van der Waals surface area contributed by atoms with Crippen LogP contribution < -0.4 is 5.32 Å². The molecular formula is C11H11FN4O. The topological polar surface area (TPSA) is 70.7 Å². The summed E-state index contributed by atoms with van der Waals surface area (Å²) in [5, 5.41) is 8.86. The molecule has 0 unspecified atom stereocenters. The summed E-state index contributed by atoms with van der Waals surface area (Å²) in [5.74, 6) is -0.130. The lowest BCUT2D eigenvalue weighted by atomic mass is 10.1. The van der Waals surface area contributed by atoms with E-state index in [9.17, 15) is 9.18 Å². The summed E-state index contributed by atoms with van der Waals surface area (Å²) < 4.78 is 13.1. The average molecular weight is 234 g/mol. The summed E-state index contributed by atoms with van der Waals surface area (Å²) in [6, 6.07) is 4.55. The van der Waals surface area contributed by atoms with Crippen molar-refractivity contribution < 1.29 is 9.18 Å². The van der Waals surface area contributed by atoms with E-state index in [1.165, 1.54) is 13.1 Å². The monoisotopic (exact) mass is 234 g/mol. The van der Waals surface area contributed by atoms with Crippen LogP contribution in [0.3, 0.4) is 0 Å². The van der Waals surface area contributed by atoms with Crippen molar-refractivity contribution >= 4 is 5.91 Å². The van der Waals surface area contributed by atoms with Gasteiger partial charge in [0, 0.05) is 12.6 Å². The molecule has 0 aliphatic carbocycles. The molecule has 0 saturated carbocycles. The second-order valence-electron chi connectivity index (χ2n) is 3.55. The van der Waals surface area contributed by atoms with Crippen LogP contribution in [0.25, 0.3) is 11.4 Å². The van der Waals surface area contributed by atoms with Crippen LogP contribution in [0.4, 0.5) is 4.39 Å². The smallest absolute Gasteiger partial charge is 0.288 e. The van der Waals surface area contributed by atoms with Gasteiger partial charge in [0.25, 0.3) is 5.91 Å². The molecular weight excluding hydrogens is 223 g/mol. The molecule has 17 heavy (non-hydrogen) atoms. The number of H-pyrrole nitrogens is 1. The third-order valence-corrected chi connectivity index (χ3v) is 2.34. The Morgan fingerprint density at radius 3 is 2.88 bits per heavy atom. The van der Waals surface area contributed by atoms with E-state index in [0.717, 1.165) is 0 Å². The van der Waals surface area contributed by atoms with E-state index in [4.69, 9.17) is 0 Å². The number of aryl methyl sites for hydroxylation is 1. The molecule has 1 amide bonds. The Bertz CT molecular complexity index is 564. The van der Waals surface area contributed by atoms with Crippen LogP contribution in [-0.2, 0) is 0 Å². The fraction of sp³-hybridized carbons (Fsp3) is 0.182. The predicted octanol–water partition coefficient (Wildman–Crippen LogP) is 1.28. The number of aromatic nitrogens is 3. The Hall–Kier alpha value is -2.24. The second kappa shape index (κ2) is 4.32. The fourth-order valence-corrected chi connectivity index (χ4v) is 1.39. The van der Waals surface area contributed by atoms with Crippen molar-refractivity contribution in [3.05, 3.63) is 35.4 Å². The van der Waals surface area contributed by atoms with Crippen molar-refractivity contribution in [2.24, 2.45) is 0 Å². The predicted molar refractivity (Wildman–Crippen MR) is 59.9 cm³/mol. The van der Waals surface area contributed by atoms with Gasteiger partial charge in [0.15, 0.2) is 5.82 Å². The van der Waals surface area contributed by atoms with E-state index in [1.807, 2.05) is 0 Å². The van der Waals surface area contributed by atoms with Crippen LogP contribution in [0.1, 0.15) is 16.2 Å². The highest BCUT2D eigenvalue weighted by Gasteiger charge is 2.11. The molecule has 0 atom stereocenters. The maximum absolute atomic E-state index is 13.1. The van der Waals surface area contributed by atoms with E-state index in [2.05, 4.69) is 20.5 Å². The van der Waals surface area contributed by atoms with Gasteiger partial charge in [-0.25, -0.2) is 9.37 Å². The number of hydrogen-bond donors (Lipinski definition) is 2. The number of benzene rings is 1. The van der Waals surface area contributed by atoms with Gasteiger partial charge in [0.2, 0.25) is 5.82 Å². The number of carbonyl (C=O) groups excluding carboxylic acids is 1. The Kier molecular flexibility index (Phi) is 2.86. The molecule has 88 valence electrons. The SMILES string of the molecule is CNC(=O)c1nc(-c2ccc(F)c(C)c2)n[nH]1. The van der Waals surface area contributed by atoms with Crippen molar-refractivity contribution in [2.45, 2.75) is 6.92 Å². The zero-order valence-electron chi connectivity index (χ0n) is 9.41. The average Bonchev–Trinajstić information content (AvgIpc) is 2.81. The summed E-state index contributed by atoms with van der Waals surface area (Å²) in [6.45, 7) is 1.66. The standard InChI is InChI=1S/C11H11FN4O/c1-6-5-7(3-4-8(6)12)9-14-10(16-15-9)11(17)13-2/h3-5H,1-2H3,(H,13,17)(H,14,15,16). The van der Waals surface area contributed by atoms with Crippen molar-refractivity contribution in [1.29, 1.82) is 0 Å². The molecule has 5 nitrogen and oxygen atoms in total. The zero-order valence-corrected chi connectivity index (χ0v) is 9.41. The molecule has 2 N–H and O–H groups in total. The lowest BCUT2D eigenvalue weighted by Crippen LogP contribution is -2.19. The van der Waals surface area contributed by atoms with Gasteiger partial charge in [0.1, 0.15) is 5.82 Å². The number of nitrogens with zero attached hydrogens (tertiary/aromatic N) is 2. The van der Waals surface area contributed by atoms with Crippen LogP contribution in [0.2, 0.25) is 0 Å². The van der Waals surface area contributed by atoms with Crippen molar-refractivity contribution in [1.82, 2.24) is 20.5 Å². The molecule has 1 heterocycles. The molecule has 0 radical (unpaired) electrons. The number of halogens is 1. The normalized spacial score (nSPS) is 10.3. The highest BCUT2D eigenvalue weighted by Crippen LogP contribution is 2.18. The van der Waals surface area contributed by atoms with Crippen LogP contribution in [0.5, 0.6) is 0 Å². The first kappa shape index (κ1) is 11.3. The quantitative estimate of drug-likeness (QED) is 0.822. The Morgan fingerprint density at radius 1 is 1.47 bits per heavy atom. The Morgan fingerprint density at radius 2 is 2.24 bits per heavy atom. The molecule has 1 aromatic heterocycles. The van der Waals surface area contributed by atoms with Crippen molar-refractivity contribution in [2.75, 3.05) is 7.05 Å². The van der Waals surface area contributed by atoms with Gasteiger partial charge < -0.3 is 5.32 Å². The van der Waals surface area contributed by atoms with Gasteiger partial charge in [0.05, 0.1) is 0 Å². The third kappa shape index (κ3) is 2.15. The summed E-state index contributed by atoms with van der Waals surface area (Å²) >= 11 is 0. The number of rotatable bonds is 2. The van der Waals surface area contributed by atoms with Crippen LogP contribution in [-0.4, -0.2) is 28.1 Å². The molecule has 0 fully saturated rings. The van der Waals surface area contributed by atoms with Crippen LogP contribution in [0, 0.1) is 12.7 Å². The highest BCUT2D eigenvalue weighted by atomic mass is 19.1. The van der Waals surface area contributed by atoms with E-state index in [-0.39, 0.29) is 17.5 Å². The van der Waals surface area contributed by atoms with Gasteiger partial charge in [-0.3, -0.25) is 9.89 Å². The first-order valence-electron chi connectivity index (χ1n) is 5.03. The summed E-state index contributed by atoms with van der Waals surface area (Å²) in [6.07, 6.45) is 0. The van der Waals surface area contributed by atoms with Gasteiger partial charge in [-0.2, -0.15) is 5.10 Å². The Balaban J connectivity index is 2.37. The minimum Gasteiger partial charge on any atom is -0.352 e. The van der Waals surface area contributed by atoms with Gasteiger partial charge in [-0.1, -0.05) is 0 Å². The number of amides is 1. The van der Waals surface area contributed by atoms with E-state index in [0.29, 0.717) is 17.0 Å². The maximum Gasteiger partial charge on any atom is 0.288 e. The molecule has 0 bridgehead atoms. The van der Waals surface area contributed by atoms with Gasteiger partial charge >= 0.3 is 0 Å². The first-order valence-corrected chi connectivity index (χ1v) is 5.03. The molecule has 0 aliphatic rings. The molecule has 2 rings (SSSR count). The first-order chi connectivity index (χ1) is 8.11. The second-order valence-corrected chi connectivity index (χ2v) is 3.55. The van der Waals surface area contributed by atoms with Crippen molar-refractivity contribution in [3.63, 3.8) is 0 Å². The molecule has 0 aliphatic heterocycles. The van der Waals surface area contributed by atoms with E-state index >= 15 is 0 Å². The number of hydrogen-bond acceptors (Lipinski definition) is 3. The Labute approximate surface area is 97.1 Å². The zero-order chi connectivity index (χ0) is 12.4. The number of nitrogens with one attached hydrogen (secondary N) is 2. The lowest BCUT2D eigenvalue weighted by Gasteiger charge is -1.98.